The lowest BCUT2D eigenvalue weighted by molar-refractivity contribution is 0.155. The van der Waals surface area contributed by atoms with Gasteiger partial charge in [0.25, 0.3) is 0 Å². The first kappa shape index (κ1) is 14.3. The van der Waals surface area contributed by atoms with E-state index in [1.165, 1.54) is 18.9 Å². The van der Waals surface area contributed by atoms with E-state index in [0.29, 0.717) is 12.1 Å². The molecule has 0 amide bonds. The Morgan fingerprint density at radius 1 is 1.32 bits per heavy atom. The third kappa shape index (κ3) is 3.91. The highest BCUT2D eigenvalue weighted by atomic mass is 19.1. The average molecular weight is 266 g/mol. The summed E-state index contributed by atoms with van der Waals surface area (Å²) in [4.78, 5) is 4.53. The summed E-state index contributed by atoms with van der Waals surface area (Å²) in [5.74, 6) is 0.0327. The standard InChI is InChI=1S/C15H23FN2O/c1-17(2)10-12-6-8-18(9-7-12)11-13-4-3-5-14(16)15(13)19/h3-5,12,19H,6-11H2,1-2H3. The van der Waals surface area contributed by atoms with Crippen LogP contribution in [0.25, 0.3) is 0 Å². The molecular weight excluding hydrogens is 243 g/mol. The minimum absolute atomic E-state index is 0.196. The normalized spacial score (nSPS) is 18.1. The quantitative estimate of drug-likeness (QED) is 0.906. The predicted octanol–water partition coefficient (Wildman–Crippen LogP) is 2.30. The van der Waals surface area contributed by atoms with E-state index in [1.54, 1.807) is 12.1 Å². The van der Waals surface area contributed by atoms with Crippen LogP contribution < -0.4 is 0 Å². The van der Waals surface area contributed by atoms with Crippen molar-refractivity contribution >= 4 is 0 Å². The van der Waals surface area contributed by atoms with Gasteiger partial charge in [0.1, 0.15) is 0 Å². The molecule has 4 heteroatoms. The third-order valence-corrected chi connectivity index (χ3v) is 3.79. The number of nitrogens with zero attached hydrogens (tertiary/aromatic N) is 2. The van der Waals surface area contributed by atoms with Crippen molar-refractivity contribution in [1.29, 1.82) is 0 Å². The summed E-state index contributed by atoms with van der Waals surface area (Å²) in [5, 5.41) is 9.69. The van der Waals surface area contributed by atoms with Crippen molar-refractivity contribution in [1.82, 2.24) is 9.80 Å². The van der Waals surface area contributed by atoms with E-state index >= 15 is 0 Å². The maximum Gasteiger partial charge on any atom is 0.165 e. The molecule has 0 spiro atoms. The van der Waals surface area contributed by atoms with E-state index in [1.807, 2.05) is 0 Å². The number of hydrogen-bond donors (Lipinski definition) is 1. The number of aromatic hydroxyl groups is 1. The number of halogens is 1. The lowest BCUT2D eigenvalue weighted by atomic mass is 9.96. The fourth-order valence-electron chi connectivity index (χ4n) is 2.77. The molecule has 0 unspecified atom stereocenters. The lowest BCUT2D eigenvalue weighted by Crippen LogP contribution is -2.36. The van der Waals surface area contributed by atoms with Gasteiger partial charge in [0.2, 0.25) is 0 Å². The zero-order valence-corrected chi connectivity index (χ0v) is 11.8. The van der Waals surface area contributed by atoms with Gasteiger partial charge in [-0.25, -0.2) is 4.39 Å². The largest absolute Gasteiger partial charge is 0.505 e. The summed E-state index contributed by atoms with van der Waals surface area (Å²) in [6.07, 6.45) is 2.35. The molecule has 1 N–H and O–H groups in total. The molecule has 1 aromatic rings. The van der Waals surface area contributed by atoms with Crippen molar-refractivity contribution in [3.63, 3.8) is 0 Å². The van der Waals surface area contributed by atoms with Gasteiger partial charge in [-0.05, 0) is 52.0 Å². The summed E-state index contributed by atoms with van der Waals surface area (Å²) in [6.45, 7) is 3.82. The van der Waals surface area contributed by atoms with Crippen LogP contribution in [0.5, 0.6) is 5.75 Å². The molecule has 1 fully saturated rings. The maximum absolute atomic E-state index is 13.3. The van der Waals surface area contributed by atoms with Crippen LogP contribution in [0.2, 0.25) is 0 Å². The summed E-state index contributed by atoms with van der Waals surface area (Å²) >= 11 is 0. The van der Waals surface area contributed by atoms with Gasteiger partial charge in [-0.3, -0.25) is 4.90 Å². The molecule has 0 atom stereocenters. The van der Waals surface area contributed by atoms with Crippen LogP contribution in [0.15, 0.2) is 18.2 Å². The smallest absolute Gasteiger partial charge is 0.165 e. The topological polar surface area (TPSA) is 26.7 Å². The van der Waals surface area contributed by atoms with E-state index in [0.717, 1.165) is 25.6 Å². The van der Waals surface area contributed by atoms with Crippen molar-refractivity contribution in [3.8, 4) is 5.75 Å². The van der Waals surface area contributed by atoms with Gasteiger partial charge in [-0.2, -0.15) is 0 Å². The minimum Gasteiger partial charge on any atom is -0.505 e. The van der Waals surface area contributed by atoms with Crippen molar-refractivity contribution in [2.75, 3.05) is 33.7 Å². The SMILES string of the molecule is CN(C)CC1CCN(Cc2cccc(F)c2O)CC1. The molecule has 0 bridgehead atoms. The summed E-state index contributed by atoms with van der Waals surface area (Å²) in [6, 6.07) is 4.75. The van der Waals surface area contributed by atoms with Gasteiger partial charge in [0, 0.05) is 18.7 Å². The Bertz CT molecular complexity index is 415. The molecule has 19 heavy (non-hydrogen) atoms. The molecule has 0 aliphatic carbocycles. The third-order valence-electron chi connectivity index (χ3n) is 3.79. The number of hydrogen-bond acceptors (Lipinski definition) is 3. The number of likely N-dealkylation sites (tertiary alicyclic amines) is 1. The first-order valence-corrected chi connectivity index (χ1v) is 6.89. The number of para-hydroxylation sites is 1. The van der Waals surface area contributed by atoms with Gasteiger partial charge in [-0.15, -0.1) is 0 Å². The average Bonchev–Trinajstić information content (AvgIpc) is 2.37. The predicted molar refractivity (Wildman–Crippen MR) is 74.6 cm³/mol. The molecule has 0 aromatic heterocycles. The highest BCUT2D eigenvalue weighted by Crippen LogP contribution is 2.25. The summed E-state index contributed by atoms with van der Waals surface area (Å²) in [7, 11) is 4.22. The molecule has 1 aliphatic heterocycles. The molecule has 1 aliphatic rings. The second-order valence-corrected chi connectivity index (χ2v) is 5.73. The summed E-state index contributed by atoms with van der Waals surface area (Å²) < 4.78 is 13.3. The van der Waals surface area contributed by atoms with Crippen molar-refractivity contribution in [3.05, 3.63) is 29.6 Å². The van der Waals surface area contributed by atoms with Crippen LogP contribution in [-0.2, 0) is 6.54 Å². The van der Waals surface area contributed by atoms with Gasteiger partial charge in [0.15, 0.2) is 11.6 Å². The van der Waals surface area contributed by atoms with E-state index < -0.39 is 5.82 Å². The first-order valence-electron chi connectivity index (χ1n) is 6.89. The van der Waals surface area contributed by atoms with E-state index in [4.69, 9.17) is 0 Å². The second-order valence-electron chi connectivity index (χ2n) is 5.73. The number of benzene rings is 1. The van der Waals surface area contributed by atoms with Crippen LogP contribution in [0.4, 0.5) is 4.39 Å². The molecule has 0 radical (unpaired) electrons. The van der Waals surface area contributed by atoms with Crippen LogP contribution in [-0.4, -0.2) is 48.6 Å². The fraction of sp³-hybridized carbons (Fsp3) is 0.600. The molecule has 0 saturated carbocycles. The summed E-state index contributed by atoms with van der Waals surface area (Å²) in [5.41, 5.74) is 0.686. The highest BCUT2D eigenvalue weighted by molar-refractivity contribution is 5.33. The van der Waals surface area contributed by atoms with Crippen molar-refractivity contribution < 1.29 is 9.50 Å². The second kappa shape index (κ2) is 6.35. The molecule has 2 rings (SSSR count). The highest BCUT2D eigenvalue weighted by Gasteiger charge is 2.20. The molecule has 1 saturated heterocycles. The number of piperidine rings is 1. The van der Waals surface area contributed by atoms with Crippen LogP contribution in [0.3, 0.4) is 0 Å². The zero-order chi connectivity index (χ0) is 13.8. The Labute approximate surface area is 114 Å². The molecule has 1 aromatic carbocycles. The van der Waals surface area contributed by atoms with Gasteiger partial charge in [-0.1, -0.05) is 12.1 Å². The Morgan fingerprint density at radius 2 is 2.00 bits per heavy atom. The Kier molecular flexibility index (Phi) is 4.77. The Hall–Kier alpha value is -1.13. The Morgan fingerprint density at radius 3 is 2.63 bits per heavy atom. The molecule has 1 heterocycles. The van der Waals surface area contributed by atoms with Crippen molar-refractivity contribution in [2.45, 2.75) is 19.4 Å². The van der Waals surface area contributed by atoms with Gasteiger partial charge >= 0.3 is 0 Å². The lowest BCUT2D eigenvalue weighted by Gasteiger charge is -2.33. The monoisotopic (exact) mass is 266 g/mol. The first-order chi connectivity index (χ1) is 9.06. The van der Waals surface area contributed by atoms with Crippen molar-refractivity contribution in [2.24, 2.45) is 5.92 Å². The minimum atomic E-state index is -0.528. The van der Waals surface area contributed by atoms with Crippen LogP contribution >= 0.6 is 0 Å². The molecule has 106 valence electrons. The maximum atomic E-state index is 13.3. The van der Waals surface area contributed by atoms with E-state index in [2.05, 4.69) is 23.9 Å². The van der Waals surface area contributed by atoms with Gasteiger partial charge < -0.3 is 10.0 Å². The molecule has 3 nitrogen and oxygen atoms in total. The molecular formula is C15H23FN2O. The van der Waals surface area contributed by atoms with E-state index in [-0.39, 0.29) is 5.75 Å². The van der Waals surface area contributed by atoms with E-state index in [9.17, 15) is 9.50 Å². The van der Waals surface area contributed by atoms with Crippen LogP contribution in [0.1, 0.15) is 18.4 Å². The van der Waals surface area contributed by atoms with Gasteiger partial charge in [0.05, 0.1) is 0 Å². The van der Waals surface area contributed by atoms with Crippen LogP contribution in [0, 0.1) is 11.7 Å². The number of phenolic OH excluding ortho intramolecular Hbond substituents is 1. The number of phenols is 1. The zero-order valence-electron chi connectivity index (χ0n) is 11.8. The Balaban J connectivity index is 1.87. The fourth-order valence-corrected chi connectivity index (χ4v) is 2.77. The number of rotatable bonds is 4.